The lowest BCUT2D eigenvalue weighted by molar-refractivity contribution is 0.788. The zero-order valence-electron chi connectivity index (χ0n) is 8.82. The number of aryl methyl sites for hydroxylation is 1. The topological polar surface area (TPSA) is 37.8 Å². The Kier molecular flexibility index (Phi) is 3.08. The van der Waals surface area contributed by atoms with E-state index in [1.54, 1.807) is 11.3 Å². The summed E-state index contributed by atoms with van der Waals surface area (Å²) in [5.74, 6) is 0.821. The summed E-state index contributed by atoms with van der Waals surface area (Å²) in [6.07, 6.45) is 1.81. The fourth-order valence-corrected chi connectivity index (χ4v) is 2.22. The van der Waals surface area contributed by atoms with E-state index in [-0.39, 0.29) is 0 Å². The van der Waals surface area contributed by atoms with Crippen LogP contribution in [0.15, 0.2) is 23.0 Å². The number of aromatic nitrogens is 2. The number of rotatable bonds is 3. The van der Waals surface area contributed by atoms with E-state index in [0.717, 1.165) is 23.6 Å². The van der Waals surface area contributed by atoms with Crippen molar-refractivity contribution < 1.29 is 0 Å². The quantitative estimate of drug-likeness (QED) is 0.860. The van der Waals surface area contributed by atoms with Gasteiger partial charge in [0.1, 0.15) is 0 Å². The zero-order chi connectivity index (χ0) is 10.7. The van der Waals surface area contributed by atoms with Gasteiger partial charge in [-0.15, -0.1) is 0 Å². The van der Waals surface area contributed by atoms with Crippen LogP contribution >= 0.6 is 11.3 Å². The lowest BCUT2D eigenvalue weighted by Crippen LogP contribution is -2.07. The summed E-state index contributed by atoms with van der Waals surface area (Å²) in [7, 11) is 1.91. The highest BCUT2D eigenvalue weighted by molar-refractivity contribution is 7.08. The molecule has 0 saturated carbocycles. The van der Waals surface area contributed by atoms with E-state index >= 15 is 0 Å². The van der Waals surface area contributed by atoms with Crippen LogP contribution in [0.2, 0.25) is 0 Å². The fourth-order valence-electron chi connectivity index (χ4n) is 1.40. The monoisotopic (exact) mass is 219 g/mol. The van der Waals surface area contributed by atoms with Gasteiger partial charge in [0.2, 0.25) is 0 Å². The Labute approximate surface area is 93.2 Å². The first-order valence-corrected chi connectivity index (χ1v) is 5.75. The molecule has 0 aliphatic carbocycles. The summed E-state index contributed by atoms with van der Waals surface area (Å²) in [4.78, 5) is 8.79. The number of nitrogens with zero attached hydrogens (tertiary/aromatic N) is 2. The van der Waals surface area contributed by atoms with Crippen molar-refractivity contribution in [2.45, 2.75) is 13.5 Å². The maximum atomic E-state index is 4.50. The molecule has 4 heteroatoms. The maximum Gasteiger partial charge on any atom is 0.160 e. The Balaban J connectivity index is 2.37. The van der Waals surface area contributed by atoms with Crippen LogP contribution in [0, 0.1) is 6.92 Å². The Hall–Kier alpha value is -1.26. The highest BCUT2D eigenvalue weighted by Crippen LogP contribution is 2.23. The number of hydrogen-bond donors (Lipinski definition) is 1. The molecule has 2 rings (SSSR count). The molecule has 15 heavy (non-hydrogen) atoms. The predicted molar refractivity (Wildman–Crippen MR) is 62.8 cm³/mol. The van der Waals surface area contributed by atoms with E-state index in [9.17, 15) is 0 Å². The standard InChI is InChI=1S/C11H13N3S/c1-8-6-15-7-10(8)11-13-4-3-9(14-11)5-12-2/h3-4,6-7,12H,5H2,1-2H3. The van der Waals surface area contributed by atoms with Crippen LogP contribution < -0.4 is 5.32 Å². The van der Waals surface area contributed by atoms with Gasteiger partial charge in [0.15, 0.2) is 5.82 Å². The molecule has 2 aromatic rings. The largest absolute Gasteiger partial charge is 0.314 e. The van der Waals surface area contributed by atoms with Gasteiger partial charge in [-0.2, -0.15) is 11.3 Å². The van der Waals surface area contributed by atoms with Crippen molar-refractivity contribution in [3.8, 4) is 11.4 Å². The second-order valence-corrected chi connectivity index (χ2v) is 4.11. The second-order valence-electron chi connectivity index (χ2n) is 3.37. The average molecular weight is 219 g/mol. The molecule has 0 radical (unpaired) electrons. The van der Waals surface area contributed by atoms with Crippen molar-refractivity contribution in [3.63, 3.8) is 0 Å². The fraction of sp³-hybridized carbons (Fsp3) is 0.273. The molecule has 0 fully saturated rings. The molecule has 0 amide bonds. The predicted octanol–water partition coefficient (Wildman–Crippen LogP) is 2.23. The minimum atomic E-state index is 0.776. The van der Waals surface area contributed by atoms with Gasteiger partial charge < -0.3 is 5.32 Å². The SMILES string of the molecule is CNCc1ccnc(-c2cscc2C)n1. The number of nitrogens with one attached hydrogen (secondary N) is 1. The first-order valence-electron chi connectivity index (χ1n) is 4.81. The summed E-state index contributed by atoms with van der Waals surface area (Å²) >= 11 is 1.68. The molecule has 0 aliphatic heterocycles. The van der Waals surface area contributed by atoms with Gasteiger partial charge >= 0.3 is 0 Å². The smallest absolute Gasteiger partial charge is 0.160 e. The van der Waals surface area contributed by atoms with E-state index in [1.165, 1.54) is 5.56 Å². The van der Waals surface area contributed by atoms with Crippen LogP contribution in [0.25, 0.3) is 11.4 Å². The third-order valence-corrected chi connectivity index (χ3v) is 3.03. The van der Waals surface area contributed by atoms with Crippen molar-refractivity contribution in [1.82, 2.24) is 15.3 Å². The Morgan fingerprint density at radius 2 is 2.27 bits per heavy atom. The molecule has 0 atom stereocenters. The van der Waals surface area contributed by atoms with Gasteiger partial charge in [-0.25, -0.2) is 9.97 Å². The van der Waals surface area contributed by atoms with Crippen molar-refractivity contribution in [3.05, 3.63) is 34.3 Å². The van der Waals surface area contributed by atoms with Crippen LogP contribution in [-0.2, 0) is 6.54 Å². The number of thiophene rings is 1. The molecule has 0 bridgehead atoms. The van der Waals surface area contributed by atoms with Gasteiger partial charge in [-0.1, -0.05) is 0 Å². The van der Waals surface area contributed by atoms with E-state index in [4.69, 9.17) is 0 Å². The van der Waals surface area contributed by atoms with Gasteiger partial charge in [-0.3, -0.25) is 0 Å². The highest BCUT2D eigenvalue weighted by Gasteiger charge is 2.06. The van der Waals surface area contributed by atoms with Crippen molar-refractivity contribution in [2.75, 3.05) is 7.05 Å². The molecule has 0 saturated heterocycles. The first kappa shape index (κ1) is 10.3. The minimum absolute atomic E-state index is 0.776. The number of hydrogen-bond acceptors (Lipinski definition) is 4. The molecule has 3 nitrogen and oxygen atoms in total. The van der Waals surface area contributed by atoms with Crippen LogP contribution in [0.1, 0.15) is 11.3 Å². The zero-order valence-corrected chi connectivity index (χ0v) is 9.64. The van der Waals surface area contributed by atoms with E-state index in [2.05, 4.69) is 33.0 Å². The van der Waals surface area contributed by atoms with Crippen LogP contribution in [0.4, 0.5) is 0 Å². The molecular weight excluding hydrogens is 206 g/mol. The molecule has 0 unspecified atom stereocenters. The minimum Gasteiger partial charge on any atom is -0.314 e. The Morgan fingerprint density at radius 3 is 2.93 bits per heavy atom. The van der Waals surface area contributed by atoms with Crippen LogP contribution in [0.3, 0.4) is 0 Å². The van der Waals surface area contributed by atoms with Crippen LogP contribution in [-0.4, -0.2) is 17.0 Å². The van der Waals surface area contributed by atoms with Gasteiger partial charge in [0.05, 0.1) is 5.69 Å². The van der Waals surface area contributed by atoms with E-state index in [1.807, 2.05) is 19.3 Å². The highest BCUT2D eigenvalue weighted by atomic mass is 32.1. The van der Waals surface area contributed by atoms with Crippen molar-refractivity contribution >= 4 is 11.3 Å². The molecular formula is C11H13N3S. The van der Waals surface area contributed by atoms with Crippen LogP contribution in [0.5, 0.6) is 0 Å². The third kappa shape index (κ3) is 2.22. The average Bonchev–Trinajstić information content (AvgIpc) is 2.65. The molecule has 0 aromatic carbocycles. The molecule has 2 heterocycles. The summed E-state index contributed by atoms with van der Waals surface area (Å²) in [6.45, 7) is 2.86. The Morgan fingerprint density at radius 1 is 1.40 bits per heavy atom. The molecule has 2 aromatic heterocycles. The van der Waals surface area contributed by atoms with E-state index in [0.29, 0.717) is 0 Å². The summed E-state index contributed by atoms with van der Waals surface area (Å²) < 4.78 is 0. The second kappa shape index (κ2) is 4.51. The third-order valence-electron chi connectivity index (χ3n) is 2.17. The van der Waals surface area contributed by atoms with Crippen molar-refractivity contribution in [2.24, 2.45) is 0 Å². The van der Waals surface area contributed by atoms with Gasteiger partial charge in [0.25, 0.3) is 0 Å². The lowest BCUT2D eigenvalue weighted by Gasteiger charge is -2.02. The van der Waals surface area contributed by atoms with Gasteiger partial charge in [-0.05, 0) is 31.0 Å². The maximum absolute atomic E-state index is 4.50. The lowest BCUT2D eigenvalue weighted by atomic mass is 10.2. The normalized spacial score (nSPS) is 10.5. The first-order chi connectivity index (χ1) is 7.31. The molecule has 0 aliphatic rings. The van der Waals surface area contributed by atoms with Gasteiger partial charge in [0, 0.05) is 23.7 Å². The molecule has 0 spiro atoms. The van der Waals surface area contributed by atoms with E-state index < -0.39 is 0 Å². The summed E-state index contributed by atoms with van der Waals surface area (Å²) in [6, 6.07) is 1.93. The summed E-state index contributed by atoms with van der Waals surface area (Å²) in [5, 5.41) is 7.29. The van der Waals surface area contributed by atoms with Crippen molar-refractivity contribution in [1.29, 1.82) is 0 Å². The Bertz CT molecular complexity index is 451. The molecule has 1 N–H and O–H groups in total. The summed E-state index contributed by atoms with van der Waals surface area (Å²) in [5.41, 5.74) is 3.40. The molecule has 78 valence electrons.